The fraction of sp³-hybridized carbons (Fsp3) is 0.550. The quantitative estimate of drug-likeness (QED) is 0.720. The van der Waals surface area contributed by atoms with Crippen molar-refractivity contribution in [3.63, 3.8) is 0 Å². The molecule has 2 saturated heterocycles. The molecular weight excluding hydrogens is 368 g/mol. The second-order valence-corrected chi connectivity index (χ2v) is 7.47. The number of nitrogens with zero attached hydrogens (tertiary/aromatic N) is 2. The van der Waals surface area contributed by atoms with E-state index < -0.39 is 5.97 Å². The number of piperidine rings is 1. The smallest absolute Gasteiger partial charge is 0.340 e. The molecule has 1 aromatic carbocycles. The summed E-state index contributed by atoms with van der Waals surface area (Å²) in [7, 11) is 0. The van der Waals surface area contributed by atoms with Gasteiger partial charge in [-0.1, -0.05) is 18.5 Å². The lowest BCUT2D eigenvalue weighted by Gasteiger charge is -2.35. The first kappa shape index (κ1) is 19.7. The zero-order chi connectivity index (χ0) is 19.4. The SMILES string of the molecule is CCC1CCCCN1C(=O)COC(=O)c1ccc(Cl)cc1N1CCCC1=O. The average molecular weight is 393 g/mol. The van der Waals surface area contributed by atoms with Crippen LogP contribution in [-0.2, 0) is 14.3 Å². The summed E-state index contributed by atoms with van der Waals surface area (Å²) in [5.41, 5.74) is 0.708. The van der Waals surface area contributed by atoms with Gasteiger partial charge in [-0.3, -0.25) is 9.59 Å². The molecule has 146 valence electrons. The van der Waals surface area contributed by atoms with Crippen LogP contribution in [0.25, 0.3) is 0 Å². The van der Waals surface area contributed by atoms with Crippen LogP contribution in [0.1, 0.15) is 55.8 Å². The van der Waals surface area contributed by atoms with Gasteiger partial charge in [-0.25, -0.2) is 4.79 Å². The average Bonchev–Trinajstić information content (AvgIpc) is 3.11. The van der Waals surface area contributed by atoms with E-state index in [-0.39, 0.29) is 30.0 Å². The summed E-state index contributed by atoms with van der Waals surface area (Å²) < 4.78 is 5.30. The Bertz CT molecular complexity index is 737. The molecule has 7 heteroatoms. The highest BCUT2D eigenvalue weighted by atomic mass is 35.5. The molecule has 2 fully saturated rings. The van der Waals surface area contributed by atoms with Gasteiger partial charge in [0, 0.05) is 30.6 Å². The topological polar surface area (TPSA) is 66.9 Å². The van der Waals surface area contributed by atoms with Crippen LogP contribution in [0, 0.1) is 0 Å². The van der Waals surface area contributed by atoms with Crippen LogP contribution >= 0.6 is 11.6 Å². The summed E-state index contributed by atoms with van der Waals surface area (Å²) in [6, 6.07) is 4.95. The summed E-state index contributed by atoms with van der Waals surface area (Å²) in [6.45, 7) is 3.04. The number of benzene rings is 1. The number of anilines is 1. The van der Waals surface area contributed by atoms with Gasteiger partial charge in [0.1, 0.15) is 0 Å². The molecule has 2 amide bonds. The molecule has 0 radical (unpaired) electrons. The van der Waals surface area contributed by atoms with Crippen molar-refractivity contribution in [1.29, 1.82) is 0 Å². The molecule has 0 aliphatic carbocycles. The summed E-state index contributed by atoms with van der Waals surface area (Å²) in [5, 5.41) is 0.441. The third-order valence-electron chi connectivity index (χ3n) is 5.29. The predicted molar refractivity (Wildman–Crippen MR) is 103 cm³/mol. The van der Waals surface area contributed by atoms with Crippen LogP contribution < -0.4 is 4.90 Å². The Kier molecular flexibility index (Phi) is 6.37. The number of rotatable bonds is 5. The van der Waals surface area contributed by atoms with E-state index in [2.05, 4.69) is 6.92 Å². The molecule has 2 heterocycles. The van der Waals surface area contributed by atoms with Gasteiger partial charge < -0.3 is 14.5 Å². The molecule has 0 aromatic heterocycles. The number of hydrogen-bond donors (Lipinski definition) is 0. The number of halogens is 1. The number of likely N-dealkylation sites (tertiary alicyclic amines) is 1. The zero-order valence-corrected chi connectivity index (χ0v) is 16.3. The van der Waals surface area contributed by atoms with E-state index in [1.165, 1.54) is 0 Å². The van der Waals surface area contributed by atoms with Crippen LogP contribution in [0.3, 0.4) is 0 Å². The molecule has 0 bridgehead atoms. The third-order valence-corrected chi connectivity index (χ3v) is 5.52. The Morgan fingerprint density at radius 1 is 1.22 bits per heavy atom. The van der Waals surface area contributed by atoms with Crippen molar-refractivity contribution in [3.8, 4) is 0 Å². The number of esters is 1. The number of carbonyl (C=O) groups excluding carboxylic acids is 3. The van der Waals surface area contributed by atoms with Gasteiger partial charge in [-0.15, -0.1) is 0 Å². The minimum Gasteiger partial charge on any atom is -0.452 e. The molecule has 1 unspecified atom stereocenters. The summed E-state index contributed by atoms with van der Waals surface area (Å²) in [6.07, 6.45) is 5.19. The van der Waals surface area contributed by atoms with E-state index in [4.69, 9.17) is 16.3 Å². The van der Waals surface area contributed by atoms with Crippen LogP contribution in [-0.4, -0.2) is 48.4 Å². The van der Waals surface area contributed by atoms with Crippen molar-refractivity contribution < 1.29 is 19.1 Å². The van der Waals surface area contributed by atoms with Crippen molar-refractivity contribution in [2.75, 3.05) is 24.6 Å². The summed E-state index contributed by atoms with van der Waals surface area (Å²) >= 11 is 6.06. The van der Waals surface area contributed by atoms with Gasteiger partial charge in [-0.05, 0) is 50.3 Å². The van der Waals surface area contributed by atoms with Gasteiger partial charge in [-0.2, -0.15) is 0 Å². The van der Waals surface area contributed by atoms with Crippen LogP contribution in [0.4, 0.5) is 5.69 Å². The van der Waals surface area contributed by atoms with E-state index in [0.29, 0.717) is 30.2 Å². The van der Waals surface area contributed by atoms with E-state index in [1.807, 2.05) is 4.90 Å². The first-order valence-corrected chi connectivity index (χ1v) is 9.95. The molecule has 6 nitrogen and oxygen atoms in total. The van der Waals surface area contributed by atoms with Crippen LogP contribution in [0.2, 0.25) is 5.02 Å². The second-order valence-electron chi connectivity index (χ2n) is 7.03. The lowest BCUT2D eigenvalue weighted by Crippen LogP contribution is -2.45. The fourth-order valence-electron chi connectivity index (χ4n) is 3.84. The minimum absolute atomic E-state index is 0.0403. The maximum absolute atomic E-state index is 12.6. The number of amides is 2. The molecule has 2 aliphatic heterocycles. The fourth-order valence-corrected chi connectivity index (χ4v) is 4.01. The van der Waals surface area contributed by atoms with Crippen LogP contribution in [0.5, 0.6) is 0 Å². The number of ether oxygens (including phenoxy) is 1. The Balaban J connectivity index is 1.69. The highest BCUT2D eigenvalue weighted by molar-refractivity contribution is 6.31. The molecule has 1 aromatic rings. The van der Waals surface area contributed by atoms with Crippen molar-refractivity contribution in [3.05, 3.63) is 28.8 Å². The standard InChI is InChI=1S/C20H25ClN2O4/c1-2-15-6-3-4-10-22(15)19(25)13-27-20(26)16-9-8-14(21)12-17(16)23-11-5-7-18(23)24/h8-9,12,15H,2-7,10-11,13H2,1H3. The van der Waals surface area contributed by atoms with Gasteiger partial charge >= 0.3 is 5.97 Å². The third kappa shape index (κ3) is 4.43. The van der Waals surface area contributed by atoms with E-state index >= 15 is 0 Å². The van der Waals surface area contributed by atoms with E-state index in [1.54, 1.807) is 23.1 Å². The first-order chi connectivity index (χ1) is 13.0. The van der Waals surface area contributed by atoms with Crippen LogP contribution in [0.15, 0.2) is 18.2 Å². The van der Waals surface area contributed by atoms with E-state index in [9.17, 15) is 14.4 Å². The Labute approximate surface area is 164 Å². The number of hydrogen-bond acceptors (Lipinski definition) is 4. The maximum Gasteiger partial charge on any atom is 0.340 e. The molecule has 2 aliphatic rings. The van der Waals surface area contributed by atoms with Crippen molar-refractivity contribution in [2.24, 2.45) is 0 Å². The van der Waals surface area contributed by atoms with Gasteiger partial charge in [0.25, 0.3) is 5.91 Å². The Morgan fingerprint density at radius 3 is 2.74 bits per heavy atom. The Morgan fingerprint density at radius 2 is 2.04 bits per heavy atom. The van der Waals surface area contributed by atoms with Gasteiger partial charge in [0.15, 0.2) is 6.61 Å². The minimum atomic E-state index is -0.611. The summed E-state index contributed by atoms with van der Waals surface area (Å²) in [5.74, 6) is -0.816. The monoisotopic (exact) mass is 392 g/mol. The van der Waals surface area contributed by atoms with Gasteiger partial charge in [0.2, 0.25) is 5.91 Å². The largest absolute Gasteiger partial charge is 0.452 e. The second kappa shape index (κ2) is 8.74. The van der Waals surface area contributed by atoms with Crippen molar-refractivity contribution in [1.82, 2.24) is 4.90 Å². The van der Waals surface area contributed by atoms with E-state index in [0.717, 1.165) is 32.1 Å². The summed E-state index contributed by atoms with van der Waals surface area (Å²) in [4.78, 5) is 40.6. The molecule has 27 heavy (non-hydrogen) atoms. The maximum atomic E-state index is 12.6. The number of carbonyl (C=O) groups is 3. The molecule has 0 N–H and O–H groups in total. The molecule has 3 rings (SSSR count). The molecule has 0 saturated carbocycles. The van der Waals surface area contributed by atoms with Crippen molar-refractivity contribution in [2.45, 2.75) is 51.5 Å². The van der Waals surface area contributed by atoms with Crippen molar-refractivity contribution >= 4 is 35.1 Å². The molecule has 1 atom stereocenters. The highest BCUT2D eigenvalue weighted by Crippen LogP contribution is 2.29. The zero-order valence-electron chi connectivity index (χ0n) is 15.6. The lowest BCUT2D eigenvalue weighted by molar-refractivity contribution is -0.138. The van der Waals surface area contributed by atoms with Gasteiger partial charge in [0.05, 0.1) is 11.3 Å². The molecule has 0 spiro atoms. The normalized spacial score (nSPS) is 20.1. The lowest BCUT2D eigenvalue weighted by atomic mass is 10.00. The Hall–Kier alpha value is -2.08. The molecular formula is C20H25ClN2O4. The predicted octanol–water partition coefficient (Wildman–Crippen LogP) is 3.41. The first-order valence-electron chi connectivity index (χ1n) is 9.57. The highest BCUT2D eigenvalue weighted by Gasteiger charge is 2.29.